The van der Waals surface area contributed by atoms with E-state index in [1.807, 2.05) is 0 Å². The molecule has 0 radical (unpaired) electrons. The molecule has 0 saturated heterocycles. The van der Waals surface area contributed by atoms with Gasteiger partial charge >= 0.3 is 5.97 Å². The molecule has 0 aliphatic heterocycles. The fraction of sp³-hybridized carbons (Fsp3) is 0.533. The SMILES string of the molecule is COC(=O)c1ccc(NC2CCCCC2C)c(F)c1F. The maximum absolute atomic E-state index is 14.0. The largest absolute Gasteiger partial charge is 0.465 e. The fourth-order valence-electron chi connectivity index (χ4n) is 2.66. The Morgan fingerprint density at radius 2 is 1.95 bits per heavy atom. The zero-order valence-electron chi connectivity index (χ0n) is 11.7. The molecule has 0 amide bonds. The molecule has 0 bridgehead atoms. The average Bonchev–Trinajstić information content (AvgIpc) is 2.45. The van der Waals surface area contributed by atoms with E-state index in [4.69, 9.17) is 0 Å². The van der Waals surface area contributed by atoms with Gasteiger partial charge in [-0.1, -0.05) is 19.8 Å². The van der Waals surface area contributed by atoms with Gasteiger partial charge in [0.2, 0.25) is 0 Å². The van der Waals surface area contributed by atoms with Crippen LogP contribution in [-0.2, 0) is 4.74 Å². The molecular weight excluding hydrogens is 264 g/mol. The van der Waals surface area contributed by atoms with Crippen molar-refractivity contribution in [3.8, 4) is 0 Å². The minimum Gasteiger partial charge on any atom is -0.465 e. The average molecular weight is 283 g/mol. The van der Waals surface area contributed by atoms with Gasteiger partial charge in [0.05, 0.1) is 18.4 Å². The van der Waals surface area contributed by atoms with Crippen LogP contribution in [0.1, 0.15) is 43.0 Å². The summed E-state index contributed by atoms with van der Waals surface area (Å²) in [6, 6.07) is 2.79. The van der Waals surface area contributed by atoms with Crippen LogP contribution in [0.3, 0.4) is 0 Å². The first-order valence-corrected chi connectivity index (χ1v) is 6.87. The summed E-state index contributed by atoms with van der Waals surface area (Å²) in [5, 5.41) is 3.06. The lowest BCUT2D eigenvalue weighted by atomic mass is 9.86. The summed E-state index contributed by atoms with van der Waals surface area (Å²) >= 11 is 0. The van der Waals surface area contributed by atoms with Crippen molar-refractivity contribution in [2.75, 3.05) is 12.4 Å². The minimum atomic E-state index is -1.16. The smallest absolute Gasteiger partial charge is 0.340 e. The Hall–Kier alpha value is -1.65. The summed E-state index contributed by atoms with van der Waals surface area (Å²) in [6.45, 7) is 2.11. The molecule has 1 aliphatic rings. The van der Waals surface area contributed by atoms with Crippen molar-refractivity contribution in [1.29, 1.82) is 0 Å². The van der Waals surface area contributed by atoms with Gasteiger partial charge < -0.3 is 10.1 Å². The number of esters is 1. The van der Waals surface area contributed by atoms with Gasteiger partial charge in [-0.2, -0.15) is 0 Å². The molecule has 2 unspecified atom stereocenters. The molecule has 1 N–H and O–H groups in total. The first kappa shape index (κ1) is 14.8. The van der Waals surface area contributed by atoms with Crippen LogP contribution in [0.2, 0.25) is 0 Å². The number of rotatable bonds is 3. The van der Waals surface area contributed by atoms with Gasteiger partial charge in [-0.05, 0) is 30.9 Å². The van der Waals surface area contributed by atoms with Gasteiger partial charge in [-0.15, -0.1) is 0 Å². The summed E-state index contributed by atoms with van der Waals surface area (Å²) in [7, 11) is 1.13. The van der Waals surface area contributed by atoms with Crippen molar-refractivity contribution in [3.05, 3.63) is 29.3 Å². The predicted octanol–water partition coefficient (Wildman–Crippen LogP) is 3.74. The Balaban J connectivity index is 2.21. The topological polar surface area (TPSA) is 38.3 Å². The molecule has 2 atom stereocenters. The van der Waals surface area contributed by atoms with Gasteiger partial charge in [0.25, 0.3) is 0 Å². The molecule has 1 aromatic rings. The van der Waals surface area contributed by atoms with Crippen molar-refractivity contribution in [1.82, 2.24) is 0 Å². The Kier molecular flexibility index (Phi) is 4.57. The van der Waals surface area contributed by atoms with Crippen LogP contribution in [0.25, 0.3) is 0 Å². The van der Waals surface area contributed by atoms with E-state index >= 15 is 0 Å². The number of methoxy groups -OCH3 is 1. The lowest BCUT2D eigenvalue weighted by Gasteiger charge is -2.30. The summed E-state index contributed by atoms with van der Waals surface area (Å²) in [4.78, 5) is 11.3. The molecule has 2 rings (SSSR count). The Labute approximate surface area is 117 Å². The van der Waals surface area contributed by atoms with Crippen molar-refractivity contribution in [2.24, 2.45) is 5.92 Å². The Bertz CT molecular complexity index is 505. The Morgan fingerprint density at radius 1 is 1.25 bits per heavy atom. The number of nitrogens with one attached hydrogen (secondary N) is 1. The number of anilines is 1. The fourth-order valence-corrected chi connectivity index (χ4v) is 2.66. The number of carbonyl (C=O) groups is 1. The summed E-state index contributed by atoms with van der Waals surface area (Å²) in [5.41, 5.74) is -0.277. The first-order valence-electron chi connectivity index (χ1n) is 6.87. The van der Waals surface area contributed by atoms with Crippen LogP contribution in [0.4, 0.5) is 14.5 Å². The number of ether oxygens (including phenoxy) is 1. The molecule has 0 heterocycles. The number of benzene rings is 1. The first-order chi connectivity index (χ1) is 9.54. The van der Waals surface area contributed by atoms with Gasteiger partial charge in [0.15, 0.2) is 11.6 Å². The minimum absolute atomic E-state index is 0.105. The van der Waals surface area contributed by atoms with Gasteiger partial charge in [-0.25, -0.2) is 13.6 Å². The summed E-state index contributed by atoms with van der Waals surface area (Å²) in [6.07, 6.45) is 4.30. The number of halogens is 2. The molecule has 1 fully saturated rings. The molecule has 1 saturated carbocycles. The molecule has 3 nitrogen and oxygen atoms in total. The monoisotopic (exact) mass is 283 g/mol. The highest BCUT2D eigenvalue weighted by molar-refractivity contribution is 5.90. The number of hydrogen-bond acceptors (Lipinski definition) is 3. The van der Waals surface area contributed by atoms with E-state index in [9.17, 15) is 13.6 Å². The zero-order chi connectivity index (χ0) is 14.7. The van der Waals surface area contributed by atoms with E-state index in [-0.39, 0.29) is 17.3 Å². The van der Waals surface area contributed by atoms with Crippen molar-refractivity contribution < 1.29 is 18.3 Å². The third-order valence-electron chi connectivity index (χ3n) is 3.94. The number of hydrogen-bond donors (Lipinski definition) is 1. The maximum atomic E-state index is 14.0. The molecule has 5 heteroatoms. The quantitative estimate of drug-likeness (QED) is 0.859. The van der Waals surface area contributed by atoms with Gasteiger partial charge in [0, 0.05) is 6.04 Å². The van der Waals surface area contributed by atoms with Crippen LogP contribution in [-0.4, -0.2) is 19.1 Å². The number of carbonyl (C=O) groups excluding carboxylic acids is 1. The van der Waals surface area contributed by atoms with Crippen LogP contribution in [0.5, 0.6) is 0 Å². The lowest BCUT2D eigenvalue weighted by molar-refractivity contribution is 0.0594. The van der Waals surface area contributed by atoms with Crippen LogP contribution in [0, 0.1) is 17.6 Å². The highest BCUT2D eigenvalue weighted by atomic mass is 19.2. The zero-order valence-corrected chi connectivity index (χ0v) is 11.7. The summed E-state index contributed by atoms with van der Waals surface area (Å²) in [5.74, 6) is -2.64. The van der Waals surface area contributed by atoms with Crippen molar-refractivity contribution in [3.63, 3.8) is 0 Å². The molecule has 1 aliphatic carbocycles. The van der Waals surface area contributed by atoms with E-state index in [0.717, 1.165) is 26.4 Å². The van der Waals surface area contributed by atoms with Crippen molar-refractivity contribution in [2.45, 2.75) is 38.6 Å². The third kappa shape index (κ3) is 2.92. The van der Waals surface area contributed by atoms with E-state index in [1.54, 1.807) is 0 Å². The standard InChI is InChI=1S/C15H19F2NO2/c1-9-5-3-4-6-11(9)18-12-8-7-10(15(19)20-2)13(16)14(12)17/h7-9,11,18H,3-6H2,1-2H3. The lowest BCUT2D eigenvalue weighted by Crippen LogP contribution is -2.30. The van der Waals surface area contributed by atoms with Crippen LogP contribution in [0.15, 0.2) is 12.1 Å². The predicted molar refractivity (Wildman–Crippen MR) is 72.7 cm³/mol. The normalized spacial score (nSPS) is 22.4. The second-order valence-corrected chi connectivity index (χ2v) is 5.29. The Morgan fingerprint density at radius 3 is 2.60 bits per heavy atom. The molecule has 1 aromatic carbocycles. The summed E-state index contributed by atoms with van der Waals surface area (Å²) < 4.78 is 32.2. The van der Waals surface area contributed by atoms with E-state index in [1.165, 1.54) is 18.6 Å². The molecular formula is C15H19F2NO2. The van der Waals surface area contributed by atoms with Crippen molar-refractivity contribution >= 4 is 11.7 Å². The van der Waals surface area contributed by atoms with E-state index < -0.39 is 17.6 Å². The highest BCUT2D eigenvalue weighted by Crippen LogP contribution is 2.29. The molecule has 20 heavy (non-hydrogen) atoms. The van der Waals surface area contributed by atoms with Crippen LogP contribution < -0.4 is 5.32 Å². The van der Waals surface area contributed by atoms with Crippen LogP contribution >= 0.6 is 0 Å². The molecule has 110 valence electrons. The van der Waals surface area contributed by atoms with E-state index in [2.05, 4.69) is 17.0 Å². The van der Waals surface area contributed by atoms with E-state index in [0.29, 0.717) is 5.92 Å². The third-order valence-corrected chi connectivity index (χ3v) is 3.94. The second kappa shape index (κ2) is 6.20. The highest BCUT2D eigenvalue weighted by Gasteiger charge is 2.24. The molecule has 0 spiro atoms. The second-order valence-electron chi connectivity index (χ2n) is 5.29. The maximum Gasteiger partial charge on any atom is 0.340 e. The van der Waals surface area contributed by atoms with Gasteiger partial charge in [0.1, 0.15) is 0 Å². The molecule has 0 aromatic heterocycles. The van der Waals surface area contributed by atoms with Gasteiger partial charge in [-0.3, -0.25) is 0 Å².